The summed E-state index contributed by atoms with van der Waals surface area (Å²) >= 11 is 0. The minimum Gasteiger partial charge on any atom is -0.309 e. The molecule has 0 radical (unpaired) electrons. The van der Waals surface area contributed by atoms with Gasteiger partial charge in [-0.25, -0.2) is 0 Å². The Hall–Kier alpha value is -1.61. The lowest BCUT2D eigenvalue weighted by atomic mass is 10.0. The third-order valence-electron chi connectivity index (χ3n) is 3.42. The maximum absolute atomic E-state index is 4.37. The van der Waals surface area contributed by atoms with Crippen LogP contribution in [-0.2, 0) is 13.0 Å². The first-order valence-electron chi connectivity index (χ1n) is 7.05. The molecule has 0 aliphatic carbocycles. The van der Waals surface area contributed by atoms with E-state index in [1.165, 1.54) is 16.8 Å². The van der Waals surface area contributed by atoms with Gasteiger partial charge in [0.2, 0.25) is 0 Å². The van der Waals surface area contributed by atoms with Crippen molar-refractivity contribution in [2.24, 2.45) is 0 Å². The Kier molecular flexibility index (Phi) is 4.74. The molecule has 3 heteroatoms. The van der Waals surface area contributed by atoms with Crippen molar-refractivity contribution < 1.29 is 0 Å². The number of benzene rings is 1. The summed E-state index contributed by atoms with van der Waals surface area (Å²) in [6.07, 6.45) is 2.89. The van der Waals surface area contributed by atoms with Gasteiger partial charge in [-0.05, 0) is 38.4 Å². The Bertz CT molecular complexity index is 499. The van der Waals surface area contributed by atoms with Crippen LogP contribution in [0.2, 0.25) is 0 Å². The molecule has 0 aliphatic heterocycles. The number of nitrogens with one attached hydrogen (secondary N) is 1. The lowest BCUT2D eigenvalue weighted by molar-refractivity contribution is 0.490. The largest absolute Gasteiger partial charge is 0.309 e. The van der Waals surface area contributed by atoms with Crippen LogP contribution in [0.15, 0.2) is 36.5 Å². The van der Waals surface area contributed by atoms with Crippen LogP contribution in [0.3, 0.4) is 0 Å². The molecule has 0 aliphatic rings. The van der Waals surface area contributed by atoms with Crippen molar-refractivity contribution in [1.82, 2.24) is 15.1 Å². The molecule has 19 heavy (non-hydrogen) atoms. The lowest BCUT2D eigenvalue weighted by Gasteiger charge is -2.19. The van der Waals surface area contributed by atoms with Gasteiger partial charge in [0.05, 0.1) is 11.7 Å². The Morgan fingerprint density at radius 1 is 1.16 bits per heavy atom. The van der Waals surface area contributed by atoms with Crippen molar-refractivity contribution in [3.05, 3.63) is 53.3 Å². The number of rotatable bonds is 6. The first-order valence-corrected chi connectivity index (χ1v) is 7.05. The molecule has 3 nitrogen and oxygen atoms in total. The summed E-state index contributed by atoms with van der Waals surface area (Å²) in [6, 6.07) is 11.2. The highest BCUT2D eigenvalue weighted by Crippen LogP contribution is 2.18. The predicted molar refractivity (Wildman–Crippen MR) is 79.2 cm³/mol. The quantitative estimate of drug-likeness (QED) is 0.861. The number of aromatic nitrogens is 2. The van der Waals surface area contributed by atoms with Crippen LogP contribution in [0.4, 0.5) is 0 Å². The second kappa shape index (κ2) is 6.53. The van der Waals surface area contributed by atoms with Gasteiger partial charge in [0.25, 0.3) is 0 Å². The Morgan fingerprint density at radius 3 is 2.53 bits per heavy atom. The van der Waals surface area contributed by atoms with Gasteiger partial charge < -0.3 is 5.32 Å². The van der Waals surface area contributed by atoms with Crippen molar-refractivity contribution in [3.63, 3.8) is 0 Å². The van der Waals surface area contributed by atoms with Crippen LogP contribution in [0, 0.1) is 6.92 Å². The maximum Gasteiger partial charge on any atom is 0.0556 e. The van der Waals surface area contributed by atoms with E-state index in [2.05, 4.69) is 66.2 Å². The maximum atomic E-state index is 4.37. The molecule has 0 bridgehead atoms. The van der Waals surface area contributed by atoms with Crippen LogP contribution in [0.1, 0.15) is 36.7 Å². The number of hydrogen-bond acceptors (Lipinski definition) is 2. The molecule has 1 aromatic carbocycles. The molecular formula is C16H23N3. The molecule has 2 rings (SSSR count). The number of nitrogens with zero attached hydrogens (tertiary/aromatic N) is 2. The first kappa shape index (κ1) is 13.8. The van der Waals surface area contributed by atoms with Crippen molar-refractivity contribution in [2.75, 3.05) is 6.54 Å². The van der Waals surface area contributed by atoms with Crippen LogP contribution in [0.25, 0.3) is 0 Å². The smallest absolute Gasteiger partial charge is 0.0556 e. The van der Waals surface area contributed by atoms with Gasteiger partial charge in [-0.3, -0.25) is 4.68 Å². The van der Waals surface area contributed by atoms with Crippen molar-refractivity contribution in [3.8, 4) is 0 Å². The number of hydrogen-bond donors (Lipinski definition) is 1. The molecule has 1 atom stereocenters. The Balaban J connectivity index is 2.18. The summed E-state index contributed by atoms with van der Waals surface area (Å²) in [4.78, 5) is 0. The summed E-state index contributed by atoms with van der Waals surface area (Å²) in [5.74, 6) is 0. The monoisotopic (exact) mass is 257 g/mol. The van der Waals surface area contributed by atoms with E-state index in [0.29, 0.717) is 6.04 Å². The second-order valence-electron chi connectivity index (χ2n) is 4.87. The minimum atomic E-state index is 0.329. The zero-order valence-electron chi connectivity index (χ0n) is 12.1. The molecule has 0 saturated carbocycles. The van der Waals surface area contributed by atoms with Crippen molar-refractivity contribution >= 4 is 0 Å². The molecule has 1 heterocycles. The number of aryl methyl sites for hydroxylation is 2. The second-order valence-corrected chi connectivity index (χ2v) is 4.87. The van der Waals surface area contributed by atoms with Gasteiger partial charge in [0, 0.05) is 12.7 Å². The normalized spacial score (nSPS) is 12.6. The summed E-state index contributed by atoms with van der Waals surface area (Å²) in [7, 11) is 0. The highest BCUT2D eigenvalue weighted by molar-refractivity contribution is 5.23. The van der Waals surface area contributed by atoms with E-state index < -0.39 is 0 Å². The third kappa shape index (κ3) is 3.44. The zero-order valence-corrected chi connectivity index (χ0v) is 12.1. The van der Waals surface area contributed by atoms with Crippen LogP contribution >= 0.6 is 0 Å². The molecule has 0 saturated heterocycles. The SMILES string of the molecule is CCNC(Cc1ccc(C)cc1)c1ccnn1CC. The minimum absolute atomic E-state index is 0.329. The summed E-state index contributed by atoms with van der Waals surface area (Å²) < 4.78 is 2.07. The fraction of sp³-hybridized carbons (Fsp3) is 0.438. The van der Waals surface area contributed by atoms with E-state index >= 15 is 0 Å². The third-order valence-corrected chi connectivity index (χ3v) is 3.42. The molecule has 0 amide bonds. The first-order chi connectivity index (χ1) is 9.24. The average Bonchev–Trinajstić information content (AvgIpc) is 2.89. The summed E-state index contributed by atoms with van der Waals surface area (Å²) in [6.45, 7) is 8.28. The molecule has 1 aromatic heterocycles. The molecule has 0 fully saturated rings. The van der Waals surface area contributed by atoms with Gasteiger partial charge in [-0.1, -0.05) is 36.8 Å². The van der Waals surface area contributed by atoms with E-state index in [1.807, 2.05) is 6.20 Å². The molecule has 2 aromatic rings. The molecule has 0 spiro atoms. The summed E-state index contributed by atoms with van der Waals surface area (Å²) in [5, 5.41) is 7.93. The van der Waals surface area contributed by atoms with Crippen LogP contribution in [-0.4, -0.2) is 16.3 Å². The lowest BCUT2D eigenvalue weighted by Crippen LogP contribution is -2.25. The predicted octanol–water partition coefficient (Wildman–Crippen LogP) is 3.10. The standard InChI is InChI=1S/C16H23N3/c1-4-17-15(16-10-11-18-19(16)5-2)12-14-8-6-13(3)7-9-14/h6-11,15,17H,4-5,12H2,1-3H3. The van der Waals surface area contributed by atoms with Gasteiger partial charge >= 0.3 is 0 Å². The average molecular weight is 257 g/mol. The molecular weight excluding hydrogens is 234 g/mol. The fourth-order valence-electron chi connectivity index (χ4n) is 2.39. The van der Waals surface area contributed by atoms with Gasteiger partial charge in [0.1, 0.15) is 0 Å². The van der Waals surface area contributed by atoms with Gasteiger partial charge in [-0.2, -0.15) is 5.10 Å². The molecule has 102 valence electrons. The van der Waals surface area contributed by atoms with E-state index in [9.17, 15) is 0 Å². The van der Waals surface area contributed by atoms with Gasteiger partial charge in [0.15, 0.2) is 0 Å². The molecule has 1 N–H and O–H groups in total. The van der Waals surface area contributed by atoms with Crippen molar-refractivity contribution in [2.45, 2.75) is 39.8 Å². The Labute approximate surface area is 115 Å². The van der Waals surface area contributed by atoms with E-state index in [1.54, 1.807) is 0 Å². The zero-order chi connectivity index (χ0) is 13.7. The number of likely N-dealkylation sites (N-methyl/N-ethyl adjacent to an activating group) is 1. The van der Waals surface area contributed by atoms with E-state index in [4.69, 9.17) is 0 Å². The van der Waals surface area contributed by atoms with E-state index in [0.717, 1.165) is 19.5 Å². The molecule has 1 unspecified atom stereocenters. The van der Waals surface area contributed by atoms with Crippen molar-refractivity contribution in [1.29, 1.82) is 0 Å². The van der Waals surface area contributed by atoms with Crippen LogP contribution < -0.4 is 5.32 Å². The topological polar surface area (TPSA) is 29.9 Å². The highest BCUT2D eigenvalue weighted by atomic mass is 15.3. The van der Waals surface area contributed by atoms with Crippen LogP contribution in [0.5, 0.6) is 0 Å². The highest BCUT2D eigenvalue weighted by Gasteiger charge is 2.15. The summed E-state index contributed by atoms with van der Waals surface area (Å²) in [5.41, 5.74) is 3.94. The fourth-order valence-corrected chi connectivity index (χ4v) is 2.39. The Morgan fingerprint density at radius 2 is 1.89 bits per heavy atom. The van der Waals surface area contributed by atoms with E-state index in [-0.39, 0.29) is 0 Å². The van der Waals surface area contributed by atoms with Gasteiger partial charge in [-0.15, -0.1) is 0 Å².